The molecule has 0 N–H and O–H groups in total. The fourth-order valence-corrected chi connectivity index (χ4v) is 3.48. The van der Waals surface area contributed by atoms with E-state index in [9.17, 15) is 17.6 Å². The standard InChI is InChI=1S/C19H22ClF4N3O2SSi/c1-18(2,3)31(5,6)29-9-7-8-11-12-14(13(21)15(20)25-11)26-17(30-4)27-16(12)28-10-19(22,23)24/h9-10H2,1-6H3. The summed E-state index contributed by atoms with van der Waals surface area (Å²) in [4.78, 5) is 11.8. The smallest absolute Gasteiger partial charge is 0.422 e. The van der Waals surface area contributed by atoms with Crippen molar-refractivity contribution in [3.63, 3.8) is 0 Å². The maximum absolute atomic E-state index is 14.6. The van der Waals surface area contributed by atoms with Crippen LogP contribution in [-0.2, 0) is 4.43 Å². The predicted octanol–water partition coefficient (Wildman–Crippen LogP) is 5.85. The molecule has 170 valence electrons. The van der Waals surface area contributed by atoms with Crippen LogP contribution in [0.5, 0.6) is 5.88 Å². The molecule has 0 atom stereocenters. The highest BCUT2D eigenvalue weighted by Gasteiger charge is 2.36. The Morgan fingerprint density at radius 1 is 1.13 bits per heavy atom. The first-order chi connectivity index (χ1) is 14.2. The van der Waals surface area contributed by atoms with Crippen molar-refractivity contribution in [1.29, 1.82) is 0 Å². The van der Waals surface area contributed by atoms with Gasteiger partial charge in [-0.2, -0.15) is 18.2 Å². The molecule has 12 heteroatoms. The number of thioether (sulfide) groups is 1. The molecule has 0 aromatic carbocycles. The summed E-state index contributed by atoms with van der Waals surface area (Å²) in [5.74, 6) is 4.01. The summed E-state index contributed by atoms with van der Waals surface area (Å²) < 4.78 is 63.5. The van der Waals surface area contributed by atoms with Crippen molar-refractivity contribution in [1.82, 2.24) is 15.0 Å². The molecule has 0 saturated carbocycles. The zero-order valence-corrected chi connectivity index (χ0v) is 20.4. The molecule has 2 aromatic heterocycles. The average Bonchev–Trinajstić information content (AvgIpc) is 2.65. The third-order valence-electron chi connectivity index (χ3n) is 4.76. The number of aromatic nitrogens is 3. The number of ether oxygens (including phenoxy) is 1. The fraction of sp³-hybridized carbons (Fsp3) is 0.526. The first-order valence-electron chi connectivity index (χ1n) is 9.09. The van der Waals surface area contributed by atoms with Gasteiger partial charge in [0.15, 0.2) is 31.1 Å². The van der Waals surface area contributed by atoms with Crippen molar-refractivity contribution in [3.8, 4) is 17.7 Å². The van der Waals surface area contributed by atoms with Crippen molar-refractivity contribution in [2.75, 3.05) is 19.5 Å². The van der Waals surface area contributed by atoms with Gasteiger partial charge < -0.3 is 9.16 Å². The number of halogens is 5. The Kier molecular flexibility index (Phi) is 7.84. The third-order valence-corrected chi connectivity index (χ3v) is 10.0. The maximum atomic E-state index is 14.6. The first kappa shape index (κ1) is 25.6. The molecule has 0 amide bonds. The number of pyridine rings is 1. The van der Waals surface area contributed by atoms with E-state index in [0.29, 0.717) is 0 Å². The van der Waals surface area contributed by atoms with Crippen LogP contribution >= 0.6 is 23.4 Å². The summed E-state index contributed by atoms with van der Waals surface area (Å²) in [7, 11) is -2.06. The van der Waals surface area contributed by atoms with E-state index in [1.807, 2.05) is 0 Å². The van der Waals surface area contributed by atoms with Gasteiger partial charge in [-0.05, 0) is 30.3 Å². The molecule has 0 fully saturated rings. The highest BCUT2D eigenvalue weighted by Crippen LogP contribution is 2.36. The Labute approximate surface area is 188 Å². The minimum Gasteiger partial charge on any atom is -0.467 e. The highest BCUT2D eigenvalue weighted by molar-refractivity contribution is 7.98. The molecule has 2 rings (SSSR count). The van der Waals surface area contributed by atoms with E-state index in [4.69, 9.17) is 20.8 Å². The van der Waals surface area contributed by atoms with Gasteiger partial charge in [0.25, 0.3) is 0 Å². The molecule has 5 nitrogen and oxygen atoms in total. The molecular weight excluding hydrogens is 474 g/mol. The van der Waals surface area contributed by atoms with Crippen LogP contribution in [0, 0.1) is 17.7 Å². The van der Waals surface area contributed by atoms with E-state index in [0.717, 1.165) is 11.8 Å². The predicted molar refractivity (Wildman–Crippen MR) is 116 cm³/mol. The summed E-state index contributed by atoms with van der Waals surface area (Å²) in [5.41, 5.74) is -0.406. The van der Waals surface area contributed by atoms with E-state index in [1.165, 1.54) is 0 Å². The quantitative estimate of drug-likeness (QED) is 0.129. The van der Waals surface area contributed by atoms with E-state index in [1.54, 1.807) is 6.26 Å². The summed E-state index contributed by atoms with van der Waals surface area (Å²) in [6.45, 7) is 8.79. The Balaban J connectivity index is 2.53. The number of hydrogen-bond acceptors (Lipinski definition) is 6. The SMILES string of the molecule is CSc1nc(OCC(F)(F)F)c2c(C#CCO[Si](C)(C)C(C)(C)C)nc(Cl)c(F)c2n1. The van der Waals surface area contributed by atoms with Crippen LogP contribution in [-0.4, -0.2) is 48.9 Å². The van der Waals surface area contributed by atoms with Gasteiger partial charge >= 0.3 is 6.18 Å². The molecule has 0 radical (unpaired) electrons. The molecule has 0 bridgehead atoms. The zero-order chi connectivity index (χ0) is 23.6. The summed E-state index contributed by atoms with van der Waals surface area (Å²) >= 11 is 6.88. The van der Waals surface area contributed by atoms with Crippen molar-refractivity contribution in [3.05, 3.63) is 16.7 Å². The second-order valence-corrected chi connectivity index (χ2v) is 14.0. The minimum atomic E-state index is -4.61. The van der Waals surface area contributed by atoms with Gasteiger partial charge in [0.05, 0.1) is 12.0 Å². The van der Waals surface area contributed by atoms with Crippen LogP contribution in [0.25, 0.3) is 10.9 Å². The van der Waals surface area contributed by atoms with Gasteiger partial charge in [-0.1, -0.05) is 50.1 Å². The second kappa shape index (κ2) is 9.48. The Bertz CT molecular complexity index is 1030. The van der Waals surface area contributed by atoms with Crippen molar-refractivity contribution in [2.24, 2.45) is 0 Å². The largest absolute Gasteiger partial charge is 0.467 e. The van der Waals surface area contributed by atoms with Crippen molar-refractivity contribution in [2.45, 2.75) is 50.2 Å². The van der Waals surface area contributed by atoms with E-state index >= 15 is 0 Å². The van der Waals surface area contributed by atoms with Gasteiger partial charge in [0.1, 0.15) is 11.2 Å². The lowest BCUT2D eigenvalue weighted by Crippen LogP contribution is -2.40. The second-order valence-electron chi connectivity index (χ2n) is 8.06. The van der Waals surface area contributed by atoms with Crippen LogP contribution in [0.1, 0.15) is 26.5 Å². The zero-order valence-electron chi connectivity index (χ0n) is 17.9. The Hall–Kier alpha value is -1.61. The molecule has 0 unspecified atom stereocenters. The van der Waals surface area contributed by atoms with Crippen LogP contribution in [0.3, 0.4) is 0 Å². The Morgan fingerprint density at radius 3 is 2.32 bits per heavy atom. The molecule has 0 spiro atoms. The number of alkyl halides is 3. The number of hydrogen-bond donors (Lipinski definition) is 0. The summed E-state index contributed by atoms with van der Waals surface area (Å²) in [5, 5.41) is -0.691. The molecular formula is C19H22ClF4N3O2SSi. The van der Waals surface area contributed by atoms with Crippen LogP contribution in [0.15, 0.2) is 5.16 Å². The maximum Gasteiger partial charge on any atom is 0.422 e. The molecule has 0 aliphatic heterocycles. The number of rotatable bonds is 5. The molecule has 0 aliphatic rings. The number of fused-ring (bicyclic) bond motifs is 1. The van der Waals surface area contributed by atoms with Crippen LogP contribution in [0.2, 0.25) is 23.3 Å². The molecule has 0 aliphatic carbocycles. The van der Waals surface area contributed by atoms with Gasteiger partial charge in [0, 0.05) is 0 Å². The summed E-state index contributed by atoms with van der Waals surface area (Å²) in [6.07, 6.45) is -3.02. The van der Waals surface area contributed by atoms with Crippen LogP contribution in [0.4, 0.5) is 17.6 Å². The Morgan fingerprint density at radius 2 is 1.77 bits per heavy atom. The lowest BCUT2D eigenvalue weighted by atomic mass is 10.2. The lowest BCUT2D eigenvalue weighted by Gasteiger charge is -2.35. The first-order valence-corrected chi connectivity index (χ1v) is 13.6. The fourth-order valence-electron chi connectivity index (χ4n) is 2.08. The summed E-state index contributed by atoms with van der Waals surface area (Å²) in [6, 6.07) is 0. The van der Waals surface area contributed by atoms with E-state index in [-0.39, 0.29) is 33.4 Å². The normalized spacial score (nSPS) is 12.6. The van der Waals surface area contributed by atoms with Crippen molar-refractivity contribution >= 4 is 42.6 Å². The molecule has 2 heterocycles. The van der Waals surface area contributed by atoms with E-state index < -0.39 is 38.0 Å². The van der Waals surface area contributed by atoms with Gasteiger partial charge in [-0.15, -0.1) is 0 Å². The number of nitrogens with zero attached hydrogens (tertiary/aromatic N) is 3. The molecule has 2 aromatic rings. The monoisotopic (exact) mass is 495 g/mol. The topological polar surface area (TPSA) is 57.1 Å². The molecule has 31 heavy (non-hydrogen) atoms. The minimum absolute atomic E-state index is 0.0195. The van der Waals surface area contributed by atoms with Gasteiger partial charge in [-0.3, -0.25) is 0 Å². The van der Waals surface area contributed by atoms with Gasteiger partial charge in [0.2, 0.25) is 5.88 Å². The van der Waals surface area contributed by atoms with Crippen LogP contribution < -0.4 is 4.74 Å². The van der Waals surface area contributed by atoms with Crippen molar-refractivity contribution < 1.29 is 26.7 Å². The lowest BCUT2D eigenvalue weighted by molar-refractivity contribution is -0.153. The third kappa shape index (κ3) is 6.44. The molecule has 0 saturated heterocycles. The van der Waals surface area contributed by atoms with E-state index in [2.05, 4.69) is 60.7 Å². The van der Waals surface area contributed by atoms with Gasteiger partial charge in [-0.25, -0.2) is 14.4 Å². The average molecular weight is 496 g/mol. The highest BCUT2D eigenvalue weighted by atomic mass is 35.5.